The van der Waals surface area contributed by atoms with Gasteiger partial charge in [0.05, 0.1) is 6.07 Å². The Morgan fingerprint density at radius 1 is 1.71 bits per heavy atom. The molecule has 2 N–H and O–H groups in total. The third-order valence-corrected chi connectivity index (χ3v) is 1.64. The summed E-state index contributed by atoms with van der Waals surface area (Å²) in [7, 11) is 0. The van der Waals surface area contributed by atoms with Gasteiger partial charge in [-0.1, -0.05) is 5.10 Å². The Balaban J connectivity index is 3.26. The van der Waals surface area contributed by atoms with Crippen molar-refractivity contribution < 1.29 is 9.72 Å². The molecule has 0 aliphatic heterocycles. The normalized spacial score (nSPS) is 10.5. The summed E-state index contributed by atoms with van der Waals surface area (Å²) in [6, 6.07) is 0.881. The minimum atomic E-state index is -0.771. The van der Waals surface area contributed by atoms with Gasteiger partial charge in [0, 0.05) is 0 Å². The zero-order valence-corrected chi connectivity index (χ0v) is 7.80. The van der Waals surface area contributed by atoms with Crippen LogP contribution in [0.5, 0.6) is 0 Å². The zero-order chi connectivity index (χ0) is 10.9. The summed E-state index contributed by atoms with van der Waals surface area (Å²) in [5, 5.41) is 14.3. The van der Waals surface area contributed by atoms with Crippen LogP contribution in [0.3, 0.4) is 0 Å². The Kier molecular flexibility index (Phi) is 2.50. The van der Waals surface area contributed by atoms with Crippen LogP contribution in [0, 0.1) is 10.1 Å². The molecule has 1 amide bonds. The van der Waals surface area contributed by atoms with E-state index in [4.69, 9.17) is 5.73 Å². The van der Waals surface area contributed by atoms with Crippen LogP contribution in [-0.2, 0) is 0 Å². The van der Waals surface area contributed by atoms with Gasteiger partial charge in [0.2, 0.25) is 0 Å². The number of amides is 1. The third kappa shape index (κ3) is 1.70. The summed E-state index contributed by atoms with van der Waals surface area (Å²) in [6.45, 7) is 3.45. The molecular formula is C7H10N4O3. The van der Waals surface area contributed by atoms with Crippen molar-refractivity contribution in [2.24, 2.45) is 5.73 Å². The number of aromatic nitrogens is 2. The van der Waals surface area contributed by atoms with Crippen LogP contribution in [0.15, 0.2) is 6.07 Å². The monoisotopic (exact) mass is 198 g/mol. The van der Waals surface area contributed by atoms with E-state index in [1.165, 1.54) is 0 Å². The molecule has 0 saturated carbocycles. The summed E-state index contributed by atoms with van der Waals surface area (Å²) in [4.78, 5) is 20.7. The molecule has 0 fully saturated rings. The fourth-order valence-corrected chi connectivity index (χ4v) is 1.02. The Labute approximate surface area is 79.7 Å². The van der Waals surface area contributed by atoms with Crippen LogP contribution < -0.4 is 5.73 Å². The number of carbonyl (C=O) groups is 1. The fraction of sp³-hybridized carbons (Fsp3) is 0.429. The molecule has 1 aromatic rings. The lowest BCUT2D eigenvalue weighted by atomic mass is 10.4. The molecule has 0 unspecified atom stereocenters. The number of primary amides is 1. The highest BCUT2D eigenvalue weighted by molar-refractivity contribution is 5.91. The summed E-state index contributed by atoms with van der Waals surface area (Å²) in [5.74, 6) is -0.999. The van der Waals surface area contributed by atoms with Gasteiger partial charge in [-0.05, 0) is 18.8 Å². The molecule has 1 aromatic heterocycles. The smallest absolute Gasteiger partial charge is 0.345 e. The van der Waals surface area contributed by atoms with Gasteiger partial charge in [-0.25, -0.2) is 0 Å². The van der Waals surface area contributed by atoms with Gasteiger partial charge in [-0.2, -0.15) is 0 Å². The molecule has 0 aliphatic rings. The number of carbonyl (C=O) groups excluding carboxylic acids is 1. The Morgan fingerprint density at radius 3 is 2.57 bits per heavy atom. The first-order valence-electron chi connectivity index (χ1n) is 3.97. The molecule has 0 bridgehead atoms. The van der Waals surface area contributed by atoms with Crippen LogP contribution in [0.4, 0.5) is 5.82 Å². The molecule has 0 aliphatic carbocycles. The molecule has 14 heavy (non-hydrogen) atoms. The van der Waals surface area contributed by atoms with Crippen LogP contribution in [0.1, 0.15) is 30.4 Å². The van der Waals surface area contributed by atoms with Crippen LogP contribution in [0.2, 0.25) is 0 Å². The van der Waals surface area contributed by atoms with E-state index in [0.29, 0.717) is 0 Å². The van der Waals surface area contributed by atoms with Gasteiger partial charge >= 0.3 is 5.82 Å². The van der Waals surface area contributed by atoms with Crippen LogP contribution in [-0.4, -0.2) is 20.6 Å². The summed E-state index contributed by atoms with van der Waals surface area (Å²) < 4.78 is 1.15. The standard InChI is InChI=1S/C7H10N4O3/c1-4(2)10-6(11(13)14)3-5(9-10)7(8)12/h3-4H,1-2H3,(H2,8,12). The molecule has 7 heteroatoms. The van der Waals surface area contributed by atoms with Gasteiger partial charge in [-0.3, -0.25) is 4.79 Å². The first-order valence-corrected chi connectivity index (χ1v) is 3.97. The average Bonchev–Trinajstić information content (AvgIpc) is 2.47. The molecule has 0 radical (unpaired) electrons. The SMILES string of the molecule is CC(C)n1nc(C(N)=O)cc1[N+](=O)[O-]. The minimum Gasteiger partial charge on any atom is -0.364 e. The van der Waals surface area contributed by atoms with Crippen molar-refractivity contribution in [2.75, 3.05) is 0 Å². The van der Waals surface area contributed by atoms with E-state index in [1.807, 2.05) is 0 Å². The van der Waals surface area contributed by atoms with Gasteiger partial charge < -0.3 is 15.8 Å². The predicted octanol–water partition coefficient (Wildman–Crippen LogP) is 0.471. The highest BCUT2D eigenvalue weighted by Crippen LogP contribution is 2.17. The van der Waals surface area contributed by atoms with Crippen molar-refractivity contribution in [3.8, 4) is 0 Å². The largest absolute Gasteiger partial charge is 0.364 e. The highest BCUT2D eigenvalue weighted by atomic mass is 16.6. The summed E-state index contributed by atoms with van der Waals surface area (Å²) >= 11 is 0. The molecule has 1 rings (SSSR count). The van der Waals surface area contributed by atoms with Crippen molar-refractivity contribution >= 4 is 11.7 Å². The molecule has 0 spiro atoms. The van der Waals surface area contributed by atoms with E-state index in [9.17, 15) is 14.9 Å². The van der Waals surface area contributed by atoms with Gasteiger partial charge in [0.1, 0.15) is 6.04 Å². The van der Waals surface area contributed by atoms with E-state index < -0.39 is 10.8 Å². The van der Waals surface area contributed by atoms with Crippen molar-refractivity contribution in [1.82, 2.24) is 9.78 Å². The number of nitrogens with two attached hydrogens (primary N) is 1. The number of hydrogen-bond donors (Lipinski definition) is 1. The lowest BCUT2D eigenvalue weighted by Crippen LogP contribution is -2.13. The second kappa shape index (κ2) is 3.44. The lowest BCUT2D eigenvalue weighted by molar-refractivity contribution is -0.393. The van der Waals surface area contributed by atoms with E-state index in [0.717, 1.165) is 10.7 Å². The van der Waals surface area contributed by atoms with Crippen molar-refractivity contribution in [3.05, 3.63) is 21.9 Å². The van der Waals surface area contributed by atoms with E-state index in [2.05, 4.69) is 5.10 Å². The van der Waals surface area contributed by atoms with Crippen LogP contribution in [0.25, 0.3) is 0 Å². The molecule has 0 atom stereocenters. The van der Waals surface area contributed by atoms with E-state index in [1.54, 1.807) is 13.8 Å². The van der Waals surface area contributed by atoms with Crippen LogP contribution >= 0.6 is 0 Å². The van der Waals surface area contributed by atoms with Crippen molar-refractivity contribution in [3.63, 3.8) is 0 Å². The minimum absolute atomic E-state index is 0.0922. The summed E-state index contributed by atoms with van der Waals surface area (Å²) in [5.41, 5.74) is 4.87. The quantitative estimate of drug-likeness (QED) is 0.563. The topological polar surface area (TPSA) is 104 Å². The Bertz CT molecular complexity index is 382. The first kappa shape index (κ1) is 10.2. The van der Waals surface area contributed by atoms with Gasteiger partial charge in [0.15, 0.2) is 5.69 Å². The number of hydrogen-bond acceptors (Lipinski definition) is 4. The number of nitro groups is 1. The third-order valence-electron chi connectivity index (χ3n) is 1.64. The van der Waals surface area contributed by atoms with Crippen molar-refractivity contribution in [1.29, 1.82) is 0 Å². The number of nitrogens with zero attached hydrogens (tertiary/aromatic N) is 3. The van der Waals surface area contributed by atoms with Gasteiger partial charge in [0.25, 0.3) is 5.91 Å². The highest BCUT2D eigenvalue weighted by Gasteiger charge is 2.22. The van der Waals surface area contributed by atoms with Crippen molar-refractivity contribution in [2.45, 2.75) is 19.9 Å². The second-order valence-corrected chi connectivity index (χ2v) is 3.05. The maximum absolute atomic E-state index is 10.7. The summed E-state index contributed by atoms with van der Waals surface area (Å²) in [6.07, 6.45) is 0. The van der Waals surface area contributed by atoms with E-state index >= 15 is 0 Å². The fourth-order valence-electron chi connectivity index (χ4n) is 1.02. The second-order valence-electron chi connectivity index (χ2n) is 3.05. The maximum Gasteiger partial charge on any atom is 0.345 e. The average molecular weight is 198 g/mol. The lowest BCUT2D eigenvalue weighted by Gasteiger charge is -2.00. The van der Waals surface area contributed by atoms with E-state index in [-0.39, 0.29) is 17.6 Å². The molecule has 7 nitrogen and oxygen atoms in total. The maximum atomic E-state index is 10.7. The van der Waals surface area contributed by atoms with Gasteiger partial charge in [-0.15, -0.1) is 4.68 Å². The Morgan fingerprint density at radius 2 is 2.29 bits per heavy atom. The molecule has 1 heterocycles. The first-order chi connectivity index (χ1) is 6.43. The predicted molar refractivity (Wildman–Crippen MR) is 47.8 cm³/mol. The molecule has 76 valence electrons. The molecule has 0 saturated heterocycles. The molecule has 0 aromatic carbocycles. The zero-order valence-electron chi connectivity index (χ0n) is 7.80. The number of rotatable bonds is 3. The Hall–Kier alpha value is -1.92. The molecular weight excluding hydrogens is 188 g/mol.